The number of amides is 3. The van der Waals surface area contributed by atoms with Gasteiger partial charge in [0.1, 0.15) is 17.4 Å². The fraction of sp³-hybridized carbons (Fsp3) is 0.390. The highest BCUT2D eigenvalue weighted by atomic mass is 35.5. The average molecular weight is 712 g/mol. The lowest BCUT2D eigenvalue weighted by atomic mass is 9.62. The Balaban J connectivity index is 1.48. The molecule has 3 aliphatic heterocycles. The van der Waals surface area contributed by atoms with Gasteiger partial charge >= 0.3 is 0 Å². The van der Waals surface area contributed by atoms with Crippen LogP contribution in [0.1, 0.15) is 32.8 Å². The molecule has 3 aliphatic rings. The number of anilines is 2. The number of nitrogens with zero attached hydrogens (tertiary/aromatic N) is 3. The summed E-state index contributed by atoms with van der Waals surface area (Å²) >= 11 is 6.22. The zero-order valence-corrected chi connectivity index (χ0v) is 30.2. The number of hydrogen-bond donors (Lipinski definition) is 1. The van der Waals surface area contributed by atoms with Crippen molar-refractivity contribution in [2.45, 2.75) is 56.9 Å². The SMILES string of the molecule is C=CCN(C(=O)C1N([C@@H](CO)Cc2ccccc2)C(=O)[C@@H]2[C@H](C(=O)N(CC=C)c3ccc(OCC)cc3)[C@@]3(C)OC12CC3C)c1ccc(Cl)cc1. The Labute approximate surface area is 305 Å². The molecule has 268 valence electrons. The van der Waals surface area contributed by atoms with Crippen LogP contribution < -0.4 is 14.5 Å². The van der Waals surface area contributed by atoms with Crippen LogP contribution in [0.15, 0.2) is 104 Å². The lowest BCUT2D eigenvalue weighted by Crippen LogP contribution is -2.59. The maximum atomic E-state index is 15.2. The van der Waals surface area contributed by atoms with Gasteiger partial charge in [-0.2, -0.15) is 0 Å². The van der Waals surface area contributed by atoms with Crippen molar-refractivity contribution >= 4 is 40.7 Å². The minimum atomic E-state index is -1.34. The van der Waals surface area contributed by atoms with Crippen LogP contribution >= 0.6 is 11.6 Å². The van der Waals surface area contributed by atoms with Crippen molar-refractivity contribution in [3.05, 3.63) is 115 Å². The van der Waals surface area contributed by atoms with E-state index >= 15 is 14.4 Å². The average Bonchev–Trinajstić information content (AvgIpc) is 3.65. The Morgan fingerprint density at radius 1 is 1.00 bits per heavy atom. The van der Waals surface area contributed by atoms with Crippen molar-refractivity contribution in [3.63, 3.8) is 0 Å². The number of aliphatic hydroxyl groups is 1. The molecule has 10 heteroatoms. The molecule has 3 aromatic carbocycles. The molecule has 1 N–H and O–H groups in total. The van der Waals surface area contributed by atoms with E-state index in [-0.39, 0.29) is 36.7 Å². The van der Waals surface area contributed by atoms with E-state index in [0.29, 0.717) is 41.6 Å². The topological polar surface area (TPSA) is 99.6 Å². The van der Waals surface area contributed by atoms with Crippen LogP contribution in [-0.2, 0) is 25.5 Å². The van der Waals surface area contributed by atoms with E-state index in [0.717, 1.165) is 5.56 Å². The molecule has 51 heavy (non-hydrogen) atoms. The van der Waals surface area contributed by atoms with Gasteiger partial charge in [0.05, 0.1) is 36.7 Å². The highest BCUT2D eigenvalue weighted by Crippen LogP contribution is 2.66. The van der Waals surface area contributed by atoms with Crippen molar-refractivity contribution in [2.75, 3.05) is 36.1 Å². The van der Waals surface area contributed by atoms with Gasteiger partial charge < -0.3 is 29.3 Å². The highest BCUT2D eigenvalue weighted by molar-refractivity contribution is 6.30. The van der Waals surface area contributed by atoms with Crippen LogP contribution in [0.2, 0.25) is 5.02 Å². The predicted octanol–water partition coefficient (Wildman–Crippen LogP) is 6.09. The molecule has 2 bridgehead atoms. The van der Waals surface area contributed by atoms with Crippen molar-refractivity contribution in [3.8, 4) is 5.75 Å². The number of fused-ring (bicyclic) bond motifs is 1. The molecule has 3 aromatic rings. The highest BCUT2D eigenvalue weighted by Gasteiger charge is 2.80. The fourth-order valence-electron chi connectivity index (χ4n) is 8.59. The van der Waals surface area contributed by atoms with E-state index in [4.69, 9.17) is 21.1 Å². The number of ether oxygens (including phenoxy) is 2. The predicted molar refractivity (Wildman–Crippen MR) is 199 cm³/mol. The van der Waals surface area contributed by atoms with Crippen molar-refractivity contribution < 1.29 is 29.0 Å². The Hall–Kier alpha value is -4.44. The van der Waals surface area contributed by atoms with Crippen LogP contribution in [0.5, 0.6) is 5.75 Å². The Kier molecular flexibility index (Phi) is 10.4. The van der Waals surface area contributed by atoms with Gasteiger partial charge in [-0.15, -0.1) is 13.2 Å². The molecular weight excluding hydrogens is 666 g/mol. The van der Waals surface area contributed by atoms with Crippen LogP contribution in [0.25, 0.3) is 0 Å². The van der Waals surface area contributed by atoms with Gasteiger partial charge in [0, 0.05) is 29.5 Å². The normalized spacial score (nSPS) is 26.8. The minimum Gasteiger partial charge on any atom is -0.494 e. The molecule has 0 radical (unpaired) electrons. The number of benzene rings is 3. The number of halogens is 1. The standard InChI is InChI=1S/C41H46ClN3O6/c1-6-22-43(31-18-20-33(21-19-31)50-8-3)37(47)34-35-38(48)45(32(26-46)24-28-12-10-9-11-13-28)36(41(35)25-27(4)40(34,5)51-41)39(49)44(23-7-2)30-16-14-29(42)15-17-30/h6-7,9-21,27,32,34-36,46H,1-2,8,22-26H2,3-5H3/t27?,32-,34-,35+,36?,40+,41?/m1/s1. The van der Waals surface area contributed by atoms with Crippen LogP contribution in [0.3, 0.4) is 0 Å². The summed E-state index contributed by atoms with van der Waals surface area (Å²) in [5, 5.41) is 11.5. The van der Waals surface area contributed by atoms with Gasteiger partial charge in [-0.3, -0.25) is 14.4 Å². The smallest absolute Gasteiger partial charge is 0.253 e. The second-order valence-electron chi connectivity index (χ2n) is 13.9. The van der Waals surface area contributed by atoms with E-state index in [1.807, 2.05) is 75.4 Å². The molecule has 7 atom stereocenters. The second-order valence-corrected chi connectivity index (χ2v) is 14.3. The molecule has 0 aliphatic carbocycles. The zero-order chi connectivity index (χ0) is 36.5. The van der Waals surface area contributed by atoms with E-state index in [9.17, 15) is 5.11 Å². The number of carbonyl (C=O) groups excluding carboxylic acids is 3. The first-order valence-corrected chi connectivity index (χ1v) is 17.9. The van der Waals surface area contributed by atoms with Crippen LogP contribution in [0, 0.1) is 17.8 Å². The lowest BCUT2D eigenvalue weighted by molar-refractivity contribution is -0.149. The van der Waals surface area contributed by atoms with Crippen molar-refractivity contribution in [2.24, 2.45) is 17.8 Å². The summed E-state index contributed by atoms with van der Waals surface area (Å²) < 4.78 is 12.7. The third-order valence-corrected chi connectivity index (χ3v) is 11.2. The molecule has 6 rings (SSSR count). The van der Waals surface area contributed by atoms with E-state index < -0.39 is 41.7 Å². The van der Waals surface area contributed by atoms with Gasteiger partial charge in [0.2, 0.25) is 11.8 Å². The summed E-state index contributed by atoms with van der Waals surface area (Å²) in [6.45, 7) is 14.1. The largest absolute Gasteiger partial charge is 0.494 e. The third-order valence-electron chi connectivity index (χ3n) is 10.9. The molecule has 0 aromatic heterocycles. The lowest BCUT2D eigenvalue weighted by Gasteiger charge is -2.39. The monoisotopic (exact) mass is 711 g/mol. The Morgan fingerprint density at radius 3 is 2.16 bits per heavy atom. The number of rotatable bonds is 14. The van der Waals surface area contributed by atoms with E-state index in [1.54, 1.807) is 46.2 Å². The number of carbonyl (C=O) groups is 3. The molecule has 1 spiro atoms. The molecule has 0 saturated carbocycles. The van der Waals surface area contributed by atoms with Gasteiger partial charge in [-0.1, -0.05) is 61.0 Å². The van der Waals surface area contributed by atoms with Crippen molar-refractivity contribution in [1.29, 1.82) is 0 Å². The van der Waals surface area contributed by atoms with Gasteiger partial charge in [0.25, 0.3) is 5.91 Å². The molecule has 3 fully saturated rings. The van der Waals surface area contributed by atoms with Gasteiger partial charge in [-0.05, 0) is 86.7 Å². The number of hydrogen-bond acceptors (Lipinski definition) is 6. The summed E-state index contributed by atoms with van der Waals surface area (Å²) in [5.74, 6) is -2.43. The first kappa shape index (κ1) is 36.4. The zero-order valence-electron chi connectivity index (χ0n) is 29.4. The maximum absolute atomic E-state index is 15.2. The molecular formula is C41H46ClN3O6. The van der Waals surface area contributed by atoms with E-state index in [2.05, 4.69) is 13.2 Å². The molecule has 3 saturated heterocycles. The first-order chi connectivity index (χ1) is 24.5. The number of likely N-dealkylation sites (tertiary alicyclic amines) is 1. The minimum absolute atomic E-state index is 0.155. The molecule has 3 heterocycles. The fourth-order valence-corrected chi connectivity index (χ4v) is 8.72. The second kappa shape index (κ2) is 14.7. The van der Waals surface area contributed by atoms with Crippen LogP contribution in [0.4, 0.5) is 11.4 Å². The Bertz CT molecular complexity index is 1770. The third kappa shape index (κ3) is 6.26. The Morgan fingerprint density at radius 2 is 1.59 bits per heavy atom. The van der Waals surface area contributed by atoms with Crippen molar-refractivity contribution in [1.82, 2.24) is 4.90 Å². The summed E-state index contributed by atoms with van der Waals surface area (Å²) in [6.07, 6.45) is 3.97. The summed E-state index contributed by atoms with van der Waals surface area (Å²) in [7, 11) is 0. The van der Waals surface area contributed by atoms with Crippen LogP contribution in [-0.4, -0.2) is 77.3 Å². The molecule has 3 unspecified atom stereocenters. The summed E-state index contributed by atoms with van der Waals surface area (Å²) in [4.78, 5) is 50.1. The maximum Gasteiger partial charge on any atom is 0.253 e. The van der Waals surface area contributed by atoms with E-state index in [1.165, 1.54) is 4.90 Å². The first-order valence-electron chi connectivity index (χ1n) is 17.5. The molecule has 3 amide bonds. The quantitative estimate of drug-likeness (QED) is 0.203. The molecule has 9 nitrogen and oxygen atoms in total. The van der Waals surface area contributed by atoms with Gasteiger partial charge in [0.15, 0.2) is 0 Å². The summed E-state index contributed by atoms with van der Waals surface area (Å²) in [5.41, 5.74) is -0.283. The van der Waals surface area contributed by atoms with Gasteiger partial charge in [-0.25, -0.2) is 0 Å². The summed E-state index contributed by atoms with van der Waals surface area (Å²) in [6, 6.07) is 21.8. The number of aliphatic hydroxyl groups excluding tert-OH is 1.